The van der Waals surface area contributed by atoms with Crippen molar-refractivity contribution in [2.24, 2.45) is 11.8 Å². The van der Waals surface area contributed by atoms with Crippen molar-refractivity contribution in [3.63, 3.8) is 0 Å². The molecule has 0 saturated carbocycles. The number of nitrogens with zero attached hydrogens (tertiary/aromatic N) is 1. The van der Waals surface area contributed by atoms with Crippen molar-refractivity contribution < 1.29 is 17.9 Å². The zero-order valence-electron chi connectivity index (χ0n) is 9.80. The summed E-state index contributed by atoms with van der Waals surface area (Å²) in [5.74, 6) is 1.48. The van der Waals surface area contributed by atoms with E-state index in [0.29, 0.717) is 6.42 Å². The Balaban J connectivity index is 1.52. The van der Waals surface area contributed by atoms with Gasteiger partial charge in [0.2, 0.25) is 0 Å². The molecule has 2 unspecified atom stereocenters. The molecule has 3 nitrogen and oxygen atoms in total. The van der Waals surface area contributed by atoms with Crippen LogP contribution in [0.3, 0.4) is 0 Å². The quantitative estimate of drug-likeness (QED) is 0.742. The van der Waals surface area contributed by atoms with Crippen LogP contribution < -0.4 is 5.32 Å². The van der Waals surface area contributed by atoms with E-state index >= 15 is 0 Å². The lowest BCUT2D eigenvalue weighted by atomic mass is 10.0. The summed E-state index contributed by atoms with van der Waals surface area (Å²) in [6, 6.07) is 0. The summed E-state index contributed by atoms with van der Waals surface area (Å²) in [5.41, 5.74) is 0. The predicted octanol–water partition coefficient (Wildman–Crippen LogP) is 1.11. The van der Waals surface area contributed by atoms with Gasteiger partial charge in [0.25, 0.3) is 0 Å². The van der Waals surface area contributed by atoms with E-state index in [1.807, 2.05) is 0 Å². The second kappa shape index (κ2) is 5.54. The SMILES string of the molecule is FC(F)(F)COCCCN1CC2CNCC2C1. The predicted molar refractivity (Wildman–Crippen MR) is 57.8 cm³/mol. The maximum Gasteiger partial charge on any atom is 0.411 e. The van der Waals surface area contributed by atoms with Gasteiger partial charge in [0.05, 0.1) is 0 Å². The average molecular weight is 252 g/mol. The van der Waals surface area contributed by atoms with Crippen LogP contribution in [0, 0.1) is 11.8 Å². The van der Waals surface area contributed by atoms with Crippen LogP contribution in [0.15, 0.2) is 0 Å². The fourth-order valence-corrected chi connectivity index (χ4v) is 2.71. The number of alkyl halides is 3. The van der Waals surface area contributed by atoms with E-state index in [1.54, 1.807) is 0 Å². The molecule has 0 aliphatic carbocycles. The summed E-state index contributed by atoms with van der Waals surface area (Å²) in [7, 11) is 0. The molecule has 17 heavy (non-hydrogen) atoms. The molecule has 0 amide bonds. The van der Waals surface area contributed by atoms with E-state index in [4.69, 9.17) is 0 Å². The van der Waals surface area contributed by atoms with Crippen LogP contribution in [0.25, 0.3) is 0 Å². The fraction of sp³-hybridized carbons (Fsp3) is 1.00. The van der Waals surface area contributed by atoms with E-state index in [2.05, 4.69) is 15.0 Å². The van der Waals surface area contributed by atoms with Gasteiger partial charge in [0.1, 0.15) is 6.61 Å². The minimum atomic E-state index is -4.20. The first kappa shape index (κ1) is 13.1. The Kier molecular flexibility index (Phi) is 4.27. The first-order valence-corrected chi connectivity index (χ1v) is 6.12. The number of halogens is 3. The third-order valence-electron chi connectivity index (χ3n) is 3.49. The fourth-order valence-electron chi connectivity index (χ4n) is 2.71. The Bertz CT molecular complexity index is 235. The van der Waals surface area contributed by atoms with Gasteiger partial charge in [-0.05, 0) is 31.3 Å². The number of rotatable bonds is 5. The van der Waals surface area contributed by atoms with Crippen molar-refractivity contribution in [1.29, 1.82) is 0 Å². The highest BCUT2D eigenvalue weighted by Crippen LogP contribution is 2.26. The van der Waals surface area contributed by atoms with Gasteiger partial charge in [0, 0.05) is 26.2 Å². The van der Waals surface area contributed by atoms with E-state index in [-0.39, 0.29) is 6.61 Å². The van der Waals surface area contributed by atoms with Gasteiger partial charge in [0.15, 0.2) is 0 Å². The van der Waals surface area contributed by atoms with Crippen LogP contribution in [0.4, 0.5) is 13.2 Å². The highest BCUT2D eigenvalue weighted by molar-refractivity contribution is 4.90. The third kappa shape index (κ3) is 4.12. The second-order valence-corrected chi connectivity index (χ2v) is 4.96. The first-order valence-electron chi connectivity index (χ1n) is 6.12. The number of ether oxygens (including phenoxy) is 1. The van der Waals surface area contributed by atoms with Crippen molar-refractivity contribution in [1.82, 2.24) is 10.2 Å². The highest BCUT2D eigenvalue weighted by atomic mass is 19.4. The molecule has 100 valence electrons. The average Bonchev–Trinajstić information content (AvgIpc) is 2.75. The Labute approximate surface area is 99.3 Å². The van der Waals surface area contributed by atoms with Crippen LogP contribution in [0.5, 0.6) is 0 Å². The van der Waals surface area contributed by atoms with Crippen molar-refractivity contribution in [2.45, 2.75) is 12.6 Å². The monoisotopic (exact) mass is 252 g/mol. The molecule has 0 bridgehead atoms. The molecule has 2 fully saturated rings. The van der Waals surface area contributed by atoms with Gasteiger partial charge in [-0.3, -0.25) is 0 Å². The summed E-state index contributed by atoms with van der Waals surface area (Å²) in [6.07, 6.45) is -3.51. The molecule has 6 heteroatoms. The number of hydrogen-bond donors (Lipinski definition) is 1. The van der Waals surface area contributed by atoms with Crippen LogP contribution >= 0.6 is 0 Å². The lowest BCUT2D eigenvalue weighted by Gasteiger charge is -2.16. The Morgan fingerprint density at radius 3 is 2.41 bits per heavy atom. The summed E-state index contributed by atoms with van der Waals surface area (Å²) in [5, 5.41) is 3.36. The van der Waals surface area contributed by atoms with Crippen molar-refractivity contribution in [3.05, 3.63) is 0 Å². The number of likely N-dealkylation sites (tertiary alicyclic amines) is 1. The van der Waals surface area contributed by atoms with E-state index < -0.39 is 12.8 Å². The molecule has 2 aliphatic heterocycles. The largest absolute Gasteiger partial charge is 0.411 e. The molecular weight excluding hydrogens is 233 g/mol. The van der Waals surface area contributed by atoms with Crippen LogP contribution in [0.1, 0.15) is 6.42 Å². The standard InChI is InChI=1S/C11H19F3N2O/c12-11(13,14)8-17-3-1-2-16-6-9-4-15-5-10(9)7-16/h9-10,15H,1-8H2. The van der Waals surface area contributed by atoms with Crippen molar-refractivity contribution >= 4 is 0 Å². The number of hydrogen-bond acceptors (Lipinski definition) is 3. The lowest BCUT2D eigenvalue weighted by molar-refractivity contribution is -0.174. The summed E-state index contributed by atoms with van der Waals surface area (Å²) in [4.78, 5) is 2.34. The van der Waals surface area contributed by atoms with Gasteiger partial charge >= 0.3 is 6.18 Å². The molecule has 0 aromatic heterocycles. The first-order chi connectivity index (χ1) is 8.04. The van der Waals surface area contributed by atoms with Gasteiger partial charge < -0.3 is 15.0 Å². The third-order valence-corrected chi connectivity index (χ3v) is 3.49. The molecule has 2 aliphatic rings. The topological polar surface area (TPSA) is 24.5 Å². The molecule has 2 heterocycles. The number of nitrogens with one attached hydrogen (secondary N) is 1. The molecule has 2 saturated heterocycles. The van der Waals surface area contributed by atoms with Gasteiger partial charge in [-0.15, -0.1) is 0 Å². The maximum atomic E-state index is 11.8. The molecular formula is C11H19F3N2O. The summed E-state index contributed by atoms with van der Waals surface area (Å²) >= 11 is 0. The Morgan fingerprint density at radius 1 is 1.18 bits per heavy atom. The molecule has 2 rings (SSSR count). The normalized spacial score (nSPS) is 29.8. The lowest BCUT2D eigenvalue weighted by Crippen LogP contribution is -2.27. The zero-order chi connectivity index (χ0) is 12.3. The van der Waals surface area contributed by atoms with Gasteiger partial charge in [-0.1, -0.05) is 0 Å². The second-order valence-electron chi connectivity index (χ2n) is 4.96. The number of fused-ring (bicyclic) bond motifs is 1. The van der Waals surface area contributed by atoms with Crippen LogP contribution in [-0.4, -0.2) is 57.0 Å². The maximum absolute atomic E-state index is 11.8. The Morgan fingerprint density at radius 2 is 1.82 bits per heavy atom. The molecule has 1 N–H and O–H groups in total. The molecule has 0 aromatic rings. The van der Waals surface area contributed by atoms with Crippen LogP contribution in [-0.2, 0) is 4.74 Å². The summed E-state index contributed by atoms with van der Waals surface area (Å²) < 4.78 is 40.0. The van der Waals surface area contributed by atoms with Crippen molar-refractivity contribution in [3.8, 4) is 0 Å². The van der Waals surface area contributed by atoms with Crippen LogP contribution in [0.2, 0.25) is 0 Å². The minimum absolute atomic E-state index is 0.198. The summed E-state index contributed by atoms with van der Waals surface area (Å²) in [6.45, 7) is 4.27. The molecule has 2 atom stereocenters. The van der Waals surface area contributed by atoms with E-state index in [1.165, 1.54) is 0 Å². The van der Waals surface area contributed by atoms with E-state index in [0.717, 1.165) is 44.6 Å². The van der Waals surface area contributed by atoms with Gasteiger partial charge in [-0.25, -0.2) is 0 Å². The Hall–Kier alpha value is -0.330. The molecule has 0 radical (unpaired) electrons. The van der Waals surface area contributed by atoms with E-state index in [9.17, 15) is 13.2 Å². The highest BCUT2D eigenvalue weighted by Gasteiger charge is 2.35. The van der Waals surface area contributed by atoms with Gasteiger partial charge in [-0.2, -0.15) is 13.2 Å². The molecule has 0 spiro atoms. The zero-order valence-corrected chi connectivity index (χ0v) is 9.80. The minimum Gasteiger partial charge on any atom is -0.372 e. The smallest absolute Gasteiger partial charge is 0.372 e. The van der Waals surface area contributed by atoms with Crippen molar-refractivity contribution in [2.75, 3.05) is 45.9 Å². The molecule has 0 aromatic carbocycles.